The number of nitro groups is 1. The van der Waals surface area contributed by atoms with Crippen LogP contribution in [0.15, 0.2) is 71.6 Å². The van der Waals surface area contributed by atoms with Crippen LogP contribution in [0.2, 0.25) is 0 Å². The fourth-order valence-electron chi connectivity index (χ4n) is 5.61. The molecule has 1 N–H and O–H groups in total. The van der Waals surface area contributed by atoms with Crippen molar-refractivity contribution in [2.24, 2.45) is 0 Å². The van der Waals surface area contributed by atoms with Crippen LogP contribution < -0.4 is 19.1 Å². The van der Waals surface area contributed by atoms with Gasteiger partial charge in [-0.3, -0.25) is 24.0 Å². The summed E-state index contributed by atoms with van der Waals surface area (Å²) in [4.78, 5) is 40.0. The van der Waals surface area contributed by atoms with Crippen molar-refractivity contribution in [3.05, 3.63) is 88.0 Å². The van der Waals surface area contributed by atoms with Crippen LogP contribution in [0.3, 0.4) is 0 Å². The number of anilines is 1. The molecule has 0 heterocycles. The van der Waals surface area contributed by atoms with E-state index in [4.69, 9.17) is 9.47 Å². The Morgan fingerprint density at radius 2 is 1.67 bits per heavy atom. The Balaban J connectivity index is 1.77. The molecule has 1 atom stereocenters. The number of aryl methyl sites for hydroxylation is 1. The third-order valence-electron chi connectivity index (χ3n) is 8.18. The van der Waals surface area contributed by atoms with Gasteiger partial charge in [-0.1, -0.05) is 38.0 Å². The van der Waals surface area contributed by atoms with Gasteiger partial charge in [0.2, 0.25) is 11.8 Å². The smallest absolute Gasteiger partial charge is 0.273 e. The lowest BCUT2D eigenvalue weighted by atomic mass is 10.1. The first-order valence-corrected chi connectivity index (χ1v) is 16.6. The van der Waals surface area contributed by atoms with Crippen molar-refractivity contribution in [2.45, 2.75) is 69.5 Å². The molecule has 0 aliphatic heterocycles. The summed E-state index contributed by atoms with van der Waals surface area (Å²) in [6.45, 7) is 2.65. The number of nitrogens with one attached hydrogen (secondary N) is 1. The third kappa shape index (κ3) is 7.94. The average molecular weight is 653 g/mol. The number of carbonyl (C=O) groups is 2. The summed E-state index contributed by atoms with van der Waals surface area (Å²) in [5, 5.41) is 14.8. The minimum atomic E-state index is -4.51. The Kier molecular flexibility index (Phi) is 11.2. The molecule has 1 aliphatic rings. The van der Waals surface area contributed by atoms with Crippen molar-refractivity contribution in [3.8, 4) is 11.5 Å². The van der Waals surface area contributed by atoms with Gasteiger partial charge in [-0.05, 0) is 74.2 Å². The Morgan fingerprint density at radius 3 is 2.28 bits per heavy atom. The van der Waals surface area contributed by atoms with E-state index in [1.165, 1.54) is 50.3 Å². The maximum Gasteiger partial charge on any atom is 0.273 e. The summed E-state index contributed by atoms with van der Waals surface area (Å²) >= 11 is 0. The van der Waals surface area contributed by atoms with Gasteiger partial charge in [0, 0.05) is 24.2 Å². The van der Waals surface area contributed by atoms with Crippen molar-refractivity contribution in [1.82, 2.24) is 10.2 Å². The summed E-state index contributed by atoms with van der Waals surface area (Å²) in [5.74, 6) is 0.0975. The van der Waals surface area contributed by atoms with Crippen LogP contribution in [0.25, 0.3) is 0 Å². The number of nitrogens with zero attached hydrogens (tertiary/aromatic N) is 3. The maximum absolute atomic E-state index is 14.3. The normalized spacial score (nSPS) is 13.9. The lowest BCUT2D eigenvalue weighted by molar-refractivity contribution is -0.385. The minimum absolute atomic E-state index is 0.0130. The van der Waals surface area contributed by atoms with Crippen LogP contribution >= 0.6 is 0 Å². The summed E-state index contributed by atoms with van der Waals surface area (Å²) < 4.78 is 39.9. The van der Waals surface area contributed by atoms with Crippen molar-refractivity contribution in [2.75, 3.05) is 25.1 Å². The largest absolute Gasteiger partial charge is 0.497 e. The highest BCUT2D eigenvalue weighted by atomic mass is 32.2. The molecule has 1 fully saturated rings. The van der Waals surface area contributed by atoms with Crippen LogP contribution in [-0.2, 0) is 26.2 Å². The first-order valence-electron chi connectivity index (χ1n) is 15.1. The summed E-state index contributed by atoms with van der Waals surface area (Å²) in [6.07, 6.45) is 4.03. The molecule has 4 rings (SSSR count). The maximum atomic E-state index is 14.3. The highest BCUT2D eigenvalue weighted by Gasteiger charge is 2.35. The van der Waals surface area contributed by atoms with Gasteiger partial charge in [-0.15, -0.1) is 0 Å². The number of benzene rings is 3. The van der Waals surface area contributed by atoms with Crippen LogP contribution in [0, 0.1) is 17.0 Å². The van der Waals surface area contributed by atoms with Crippen LogP contribution in [0.4, 0.5) is 11.4 Å². The Hall–Kier alpha value is -4.65. The van der Waals surface area contributed by atoms with E-state index < -0.39 is 33.4 Å². The van der Waals surface area contributed by atoms with Gasteiger partial charge >= 0.3 is 0 Å². The monoisotopic (exact) mass is 652 g/mol. The van der Waals surface area contributed by atoms with Crippen LogP contribution in [0.1, 0.15) is 50.2 Å². The van der Waals surface area contributed by atoms with E-state index in [0.29, 0.717) is 22.6 Å². The van der Waals surface area contributed by atoms with Crippen molar-refractivity contribution in [1.29, 1.82) is 0 Å². The van der Waals surface area contributed by atoms with E-state index in [0.717, 1.165) is 36.1 Å². The fraction of sp³-hybridized carbons (Fsp3) is 0.394. The zero-order valence-corrected chi connectivity index (χ0v) is 27.3. The number of ether oxygens (including phenoxy) is 2. The van der Waals surface area contributed by atoms with Gasteiger partial charge in [0.1, 0.15) is 24.1 Å². The number of sulfonamides is 1. The van der Waals surface area contributed by atoms with Crippen molar-refractivity contribution in [3.63, 3.8) is 0 Å². The number of amides is 2. The van der Waals surface area contributed by atoms with Gasteiger partial charge in [-0.25, -0.2) is 8.42 Å². The predicted molar refractivity (Wildman–Crippen MR) is 173 cm³/mol. The van der Waals surface area contributed by atoms with Crippen molar-refractivity contribution >= 4 is 33.2 Å². The van der Waals surface area contributed by atoms with Crippen molar-refractivity contribution < 1.29 is 32.4 Å². The molecule has 0 aromatic heterocycles. The van der Waals surface area contributed by atoms with E-state index in [1.807, 2.05) is 0 Å². The zero-order chi connectivity index (χ0) is 33.4. The lowest BCUT2D eigenvalue weighted by Crippen LogP contribution is -2.53. The second-order valence-corrected chi connectivity index (χ2v) is 13.1. The molecule has 46 heavy (non-hydrogen) atoms. The van der Waals surface area contributed by atoms with E-state index >= 15 is 0 Å². The number of hydrogen-bond donors (Lipinski definition) is 1. The molecule has 12 nitrogen and oxygen atoms in total. The Morgan fingerprint density at radius 1 is 1.00 bits per heavy atom. The molecule has 2 amide bonds. The quantitative estimate of drug-likeness (QED) is 0.189. The Labute approximate surface area is 269 Å². The van der Waals surface area contributed by atoms with Gasteiger partial charge in [0.25, 0.3) is 15.7 Å². The minimum Gasteiger partial charge on any atom is -0.497 e. The summed E-state index contributed by atoms with van der Waals surface area (Å²) in [7, 11) is -1.51. The average Bonchev–Trinajstić information content (AvgIpc) is 3.56. The molecule has 1 saturated carbocycles. The highest BCUT2D eigenvalue weighted by molar-refractivity contribution is 7.92. The van der Waals surface area contributed by atoms with Crippen LogP contribution in [-0.4, -0.2) is 62.9 Å². The van der Waals surface area contributed by atoms with E-state index in [2.05, 4.69) is 5.32 Å². The van der Waals surface area contributed by atoms with Crippen LogP contribution in [0.5, 0.6) is 11.5 Å². The molecule has 246 valence electrons. The van der Waals surface area contributed by atoms with Gasteiger partial charge in [-0.2, -0.15) is 0 Å². The van der Waals surface area contributed by atoms with E-state index in [1.54, 1.807) is 43.3 Å². The molecule has 13 heteroatoms. The van der Waals surface area contributed by atoms with E-state index in [-0.39, 0.29) is 41.2 Å². The molecule has 0 radical (unpaired) electrons. The number of hydrogen-bond acceptors (Lipinski definition) is 8. The molecular formula is C33H40N4O8S. The van der Waals surface area contributed by atoms with Gasteiger partial charge in [0.15, 0.2) is 0 Å². The van der Waals surface area contributed by atoms with Gasteiger partial charge in [0.05, 0.1) is 29.7 Å². The number of nitro benzene ring substituents is 1. The molecule has 0 spiro atoms. The summed E-state index contributed by atoms with van der Waals surface area (Å²) in [6, 6.07) is 15.9. The SMILES string of the molecule is CCC(C(=O)NC1CCCC1)N(Cc1cccc(OC)c1)C(=O)CN(c1ccc(OC)cc1)S(=O)(=O)c1ccc(C)c([N+](=O)[O-])c1. The molecule has 0 saturated heterocycles. The standard InChI is InChI=1S/C33H40N4O8S/c1-5-30(33(39)34-25-10-6-7-11-25)35(21-24-9-8-12-28(19-24)45-4)32(38)22-36(26-14-16-27(44-3)17-15-26)46(42,43)29-18-13-23(2)31(20-29)37(40)41/h8-9,12-20,25,30H,5-7,10-11,21-22H2,1-4H3,(H,34,39). The first kappa shape index (κ1) is 34.2. The number of methoxy groups -OCH3 is 2. The second kappa shape index (κ2) is 15.1. The molecule has 1 aliphatic carbocycles. The highest BCUT2D eigenvalue weighted by Crippen LogP contribution is 2.30. The number of rotatable bonds is 14. The van der Waals surface area contributed by atoms with Gasteiger partial charge < -0.3 is 19.7 Å². The second-order valence-electron chi connectivity index (χ2n) is 11.2. The number of carbonyl (C=O) groups excluding carboxylic acids is 2. The first-order chi connectivity index (χ1) is 22.0. The zero-order valence-electron chi connectivity index (χ0n) is 26.5. The van der Waals surface area contributed by atoms with E-state index in [9.17, 15) is 28.1 Å². The summed E-state index contributed by atoms with van der Waals surface area (Å²) in [5.41, 5.74) is 0.755. The third-order valence-corrected chi connectivity index (χ3v) is 9.95. The molecule has 0 bridgehead atoms. The lowest BCUT2D eigenvalue weighted by Gasteiger charge is -2.34. The topological polar surface area (TPSA) is 148 Å². The fourth-order valence-corrected chi connectivity index (χ4v) is 7.04. The molecule has 3 aromatic rings. The predicted octanol–water partition coefficient (Wildman–Crippen LogP) is 4.98. The Bertz CT molecular complexity index is 1660. The molecule has 1 unspecified atom stereocenters. The molecular weight excluding hydrogens is 612 g/mol. The molecule has 3 aromatic carbocycles.